The van der Waals surface area contributed by atoms with Crippen LogP contribution in [0.25, 0.3) is 10.9 Å². The Kier molecular flexibility index (Phi) is 4.40. The van der Waals surface area contributed by atoms with Crippen molar-refractivity contribution in [1.82, 2.24) is 20.2 Å². The minimum absolute atomic E-state index is 0.00896. The molecule has 0 aliphatic carbocycles. The van der Waals surface area contributed by atoms with Gasteiger partial charge in [0.1, 0.15) is 5.60 Å². The quantitative estimate of drug-likeness (QED) is 0.590. The Morgan fingerprint density at radius 2 is 2.12 bits per heavy atom. The third-order valence-corrected chi connectivity index (χ3v) is 6.98. The smallest absolute Gasteiger partial charge is 0.230 e. The summed E-state index contributed by atoms with van der Waals surface area (Å²) in [5.74, 6) is -1.11. The zero-order valence-corrected chi connectivity index (χ0v) is 17.5. The Morgan fingerprint density at radius 3 is 3.00 bits per heavy atom. The van der Waals surface area contributed by atoms with E-state index in [1.165, 1.54) is 10.9 Å². The highest BCUT2D eigenvalue weighted by atomic mass is 16.5. The second-order valence-electron chi connectivity index (χ2n) is 8.81. The molecule has 3 aliphatic heterocycles. The first-order valence-corrected chi connectivity index (χ1v) is 11.0. The van der Waals surface area contributed by atoms with Crippen LogP contribution in [0.3, 0.4) is 0 Å². The normalized spacial score (nSPS) is 27.9. The number of ether oxygens (including phenoxy) is 1. The number of hydrogen-bond acceptors (Lipinski definition) is 4. The van der Waals surface area contributed by atoms with Gasteiger partial charge in [0, 0.05) is 29.8 Å². The number of nitrogens with one attached hydrogen (secondary N) is 2. The van der Waals surface area contributed by atoms with Crippen LogP contribution in [0.1, 0.15) is 11.3 Å². The molecule has 5 heterocycles. The molecule has 7 heteroatoms. The summed E-state index contributed by atoms with van der Waals surface area (Å²) in [6.45, 7) is 1.43. The Morgan fingerprint density at radius 1 is 1.25 bits per heavy atom. The second-order valence-corrected chi connectivity index (χ2v) is 8.81. The fourth-order valence-electron chi connectivity index (χ4n) is 5.46. The Labute approximate surface area is 185 Å². The molecular weight excluding hydrogens is 404 g/mol. The fourth-order valence-corrected chi connectivity index (χ4v) is 5.46. The molecule has 3 aromatic rings. The number of pyridine rings is 1. The summed E-state index contributed by atoms with van der Waals surface area (Å²) >= 11 is 0. The number of H-pyrrole nitrogens is 1. The molecule has 0 saturated carbocycles. The molecule has 2 saturated heterocycles. The van der Waals surface area contributed by atoms with Gasteiger partial charge in [-0.15, -0.1) is 0 Å². The molecule has 6 rings (SSSR count). The largest absolute Gasteiger partial charge is 0.361 e. The maximum Gasteiger partial charge on any atom is 0.230 e. The minimum atomic E-state index is -0.686. The van der Waals surface area contributed by atoms with Gasteiger partial charge >= 0.3 is 0 Å². The van der Waals surface area contributed by atoms with Crippen molar-refractivity contribution in [2.45, 2.75) is 24.7 Å². The molecule has 2 aromatic heterocycles. The van der Waals surface area contributed by atoms with Gasteiger partial charge in [0.2, 0.25) is 11.8 Å². The lowest BCUT2D eigenvalue weighted by Gasteiger charge is -2.23. The lowest BCUT2D eigenvalue weighted by molar-refractivity contribution is -0.137. The number of benzene rings is 1. The summed E-state index contributed by atoms with van der Waals surface area (Å²) in [6, 6.07) is 13.8. The Bertz CT molecular complexity index is 1220. The van der Waals surface area contributed by atoms with E-state index in [2.05, 4.69) is 27.4 Å². The van der Waals surface area contributed by atoms with Gasteiger partial charge in [0.15, 0.2) is 0 Å². The number of rotatable bonds is 6. The molecule has 2 N–H and O–H groups in total. The monoisotopic (exact) mass is 428 g/mol. The van der Waals surface area contributed by atoms with Crippen LogP contribution in [-0.2, 0) is 27.3 Å². The highest BCUT2D eigenvalue weighted by molar-refractivity contribution is 5.93. The van der Waals surface area contributed by atoms with E-state index in [0.717, 1.165) is 17.6 Å². The maximum absolute atomic E-state index is 13.4. The van der Waals surface area contributed by atoms with Crippen molar-refractivity contribution in [3.8, 4) is 0 Å². The first-order valence-electron chi connectivity index (χ1n) is 11.0. The summed E-state index contributed by atoms with van der Waals surface area (Å²) in [5.41, 5.74) is 2.39. The minimum Gasteiger partial charge on any atom is -0.361 e. The van der Waals surface area contributed by atoms with Crippen molar-refractivity contribution in [3.63, 3.8) is 0 Å². The average molecular weight is 428 g/mol. The molecule has 0 unspecified atom stereocenters. The third-order valence-electron chi connectivity index (χ3n) is 6.98. The van der Waals surface area contributed by atoms with Crippen molar-refractivity contribution in [3.05, 3.63) is 78.3 Å². The van der Waals surface area contributed by atoms with Gasteiger partial charge in [-0.1, -0.05) is 36.4 Å². The van der Waals surface area contributed by atoms with Crippen LogP contribution in [0, 0.1) is 11.8 Å². The number of carbonyl (C=O) groups excluding carboxylic acids is 2. The number of likely N-dealkylation sites (tertiary alicyclic amines) is 1. The van der Waals surface area contributed by atoms with Gasteiger partial charge in [-0.25, -0.2) is 0 Å². The van der Waals surface area contributed by atoms with Crippen LogP contribution in [0.2, 0.25) is 0 Å². The van der Waals surface area contributed by atoms with Gasteiger partial charge < -0.3 is 19.9 Å². The molecule has 7 nitrogen and oxygen atoms in total. The van der Waals surface area contributed by atoms with Gasteiger partial charge in [-0.2, -0.15) is 0 Å². The molecule has 2 bridgehead atoms. The lowest BCUT2D eigenvalue weighted by atomic mass is 9.77. The lowest BCUT2D eigenvalue weighted by Crippen LogP contribution is -2.44. The molecular formula is C25H24N4O3. The molecule has 32 heavy (non-hydrogen) atoms. The zero-order chi connectivity index (χ0) is 21.7. The molecule has 1 spiro atoms. The standard InChI is InChI=1S/C25H24N4O3/c30-23(28-14-17-5-3-4-11-26-17)21-20-8-10-25(32-20)15-29(24(31)22(21)25)12-9-16-13-27-19-7-2-1-6-18(16)19/h1-8,10-11,13,20-22,27H,9,12,14-15H2,(H,28,30)/t20-,21-,22+,25+/m1/s1. The molecule has 1 aromatic carbocycles. The van der Waals surface area contributed by atoms with E-state index in [1.807, 2.05) is 53.6 Å². The predicted molar refractivity (Wildman–Crippen MR) is 118 cm³/mol. The summed E-state index contributed by atoms with van der Waals surface area (Å²) in [4.78, 5) is 35.9. The molecule has 2 fully saturated rings. The van der Waals surface area contributed by atoms with Crippen molar-refractivity contribution in [2.24, 2.45) is 11.8 Å². The number of nitrogens with zero attached hydrogens (tertiary/aromatic N) is 2. The molecule has 3 aliphatic rings. The molecule has 0 radical (unpaired) electrons. The maximum atomic E-state index is 13.4. The number of aromatic nitrogens is 2. The van der Waals surface area contributed by atoms with Crippen molar-refractivity contribution in [1.29, 1.82) is 0 Å². The fraction of sp³-hybridized carbons (Fsp3) is 0.320. The van der Waals surface area contributed by atoms with E-state index >= 15 is 0 Å². The number of carbonyl (C=O) groups is 2. The van der Waals surface area contributed by atoms with E-state index in [4.69, 9.17) is 4.74 Å². The highest BCUT2D eigenvalue weighted by Crippen LogP contribution is 2.51. The van der Waals surface area contributed by atoms with Crippen LogP contribution >= 0.6 is 0 Å². The first-order chi connectivity index (χ1) is 15.6. The van der Waals surface area contributed by atoms with Crippen molar-refractivity contribution < 1.29 is 14.3 Å². The van der Waals surface area contributed by atoms with Crippen LogP contribution in [0.5, 0.6) is 0 Å². The third kappa shape index (κ3) is 2.96. The van der Waals surface area contributed by atoms with Gasteiger partial charge in [0.25, 0.3) is 0 Å². The molecule has 2 amide bonds. The SMILES string of the molecule is O=C(NCc1ccccn1)[C@H]1[C@H]2C(=O)N(CCc3c[nH]c4ccccc34)C[C@@]23C=C[C@H]1O3. The van der Waals surface area contributed by atoms with Crippen LogP contribution in [0.4, 0.5) is 0 Å². The van der Waals surface area contributed by atoms with Crippen molar-refractivity contribution in [2.75, 3.05) is 13.1 Å². The van der Waals surface area contributed by atoms with Crippen LogP contribution < -0.4 is 5.32 Å². The predicted octanol–water partition coefficient (Wildman–Crippen LogP) is 2.20. The number of amides is 2. The second kappa shape index (κ2) is 7.31. The van der Waals surface area contributed by atoms with E-state index in [9.17, 15) is 9.59 Å². The summed E-state index contributed by atoms with van der Waals surface area (Å²) in [6.07, 6.45) is 8.06. The van der Waals surface area contributed by atoms with E-state index < -0.39 is 17.4 Å². The van der Waals surface area contributed by atoms with E-state index in [1.54, 1.807) is 6.20 Å². The van der Waals surface area contributed by atoms with Gasteiger partial charge in [0.05, 0.1) is 36.7 Å². The van der Waals surface area contributed by atoms with E-state index in [-0.39, 0.29) is 17.9 Å². The number of fused-ring (bicyclic) bond motifs is 2. The van der Waals surface area contributed by atoms with E-state index in [0.29, 0.717) is 19.6 Å². The van der Waals surface area contributed by atoms with Gasteiger partial charge in [-0.3, -0.25) is 14.6 Å². The average Bonchev–Trinajstić information content (AvgIpc) is 3.56. The number of hydrogen-bond donors (Lipinski definition) is 2. The highest BCUT2D eigenvalue weighted by Gasteiger charge is 2.66. The topological polar surface area (TPSA) is 87.3 Å². The summed E-state index contributed by atoms with van der Waals surface area (Å²) in [5, 5.41) is 4.14. The number of para-hydroxylation sites is 1. The molecule has 4 atom stereocenters. The summed E-state index contributed by atoms with van der Waals surface area (Å²) < 4.78 is 6.22. The number of aromatic amines is 1. The van der Waals surface area contributed by atoms with Crippen LogP contribution in [-0.4, -0.2) is 51.5 Å². The van der Waals surface area contributed by atoms with Gasteiger partial charge in [-0.05, 0) is 30.2 Å². The Hall–Kier alpha value is -3.45. The van der Waals surface area contributed by atoms with Crippen molar-refractivity contribution >= 4 is 22.7 Å². The molecule has 162 valence electrons. The zero-order valence-electron chi connectivity index (χ0n) is 17.5. The van der Waals surface area contributed by atoms with Crippen LogP contribution in [0.15, 0.2) is 67.0 Å². The summed E-state index contributed by atoms with van der Waals surface area (Å²) in [7, 11) is 0. The first kappa shape index (κ1) is 19.3. The Balaban J connectivity index is 1.17.